The zero-order chi connectivity index (χ0) is 18.1. The summed E-state index contributed by atoms with van der Waals surface area (Å²) in [5.74, 6) is 0.532. The highest BCUT2D eigenvalue weighted by atomic mass is 16.5. The highest BCUT2D eigenvalue weighted by molar-refractivity contribution is 5.88. The standard InChI is InChI=1S/C20H24N4O2/c1-13-19(16-7-9-24(13)10-8-16)26-20-21-11-17(12-22-20)15-3-5-18(6-4-15)23-14(2)25/h3-6,11-13,16,19H,7-10H2,1-2H3,(H,23,25)/t13-,19-/m1/s1. The fourth-order valence-corrected chi connectivity index (χ4v) is 4.05. The highest BCUT2D eigenvalue weighted by Gasteiger charge is 2.41. The molecular weight excluding hydrogens is 328 g/mol. The zero-order valence-corrected chi connectivity index (χ0v) is 15.2. The number of nitrogens with one attached hydrogen (secondary N) is 1. The second kappa shape index (κ2) is 7.03. The fourth-order valence-electron chi connectivity index (χ4n) is 4.05. The van der Waals surface area contributed by atoms with Crippen LogP contribution in [0.3, 0.4) is 0 Å². The van der Waals surface area contributed by atoms with Gasteiger partial charge in [0.05, 0.1) is 0 Å². The maximum Gasteiger partial charge on any atom is 0.316 e. The summed E-state index contributed by atoms with van der Waals surface area (Å²) in [5, 5.41) is 2.76. The van der Waals surface area contributed by atoms with E-state index in [9.17, 15) is 4.79 Å². The van der Waals surface area contributed by atoms with Gasteiger partial charge in [-0.1, -0.05) is 12.1 Å². The number of hydrogen-bond donors (Lipinski definition) is 1. The summed E-state index contributed by atoms with van der Waals surface area (Å²) < 4.78 is 6.14. The van der Waals surface area contributed by atoms with Crippen LogP contribution in [0, 0.1) is 5.92 Å². The Balaban J connectivity index is 1.44. The summed E-state index contributed by atoms with van der Waals surface area (Å²) in [7, 11) is 0. The number of fused-ring (bicyclic) bond motifs is 3. The summed E-state index contributed by atoms with van der Waals surface area (Å²) in [6, 6.07) is 8.51. The molecule has 0 radical (unpaired) electrons. The summed E-state index contributed by atoms with van der Waals surface area (Å²) in [6.07, 6.45) is 6.17. The van der Waals surface area contributed by atoms with Crippen LogP contribution >= 0.6 is 0 Å². The maximum absolute atomic E-state index is 11.1. The molecule has 0 saturated carbocycles. The van der Waals surface area contributed by atoms with Crippen LogP contribution in [0.2, 0.25) is 0 Å². The Morgan fingerprint density at radius 2 is 1.77 bits per heavy atom. The number of aromatic nitrogens is 2. The number of carbonyl (C=O) groups excluding carboxylic acids is 1. The topological polar surface area (TPSA) is 67.3 Å². The van der Waals surface area contributed by atoms with Crippen molar-refractivity contribution < 1.29 is 9.53 Å². The molecule has 26 heavy (non-hydrogen) atoms. The SMILES string of the molecule is CC(=O)Nc1ccc(-c2cnc(O[C@H]3C4CCN(CC4)[C@@H]3C)nc2)cc1. The van der Waals surface area contributed by atoms with Crippen molar-refractivity contribution in [3.8, 4) is 17.1 Å². The highest BCUT2D eigenvalue weighted by Crippen LogP contribution is 2.34. The number of rotatable bonds is 4. The van der Waals surface area contributed by atoms with Gasteiger partial charge in [0, 0.05) is 36.6 Å². The monoisotopic (exact) mass is 352 g/mol. The molecule has 1 amide bonds. The summed E-state index contributed by atoms with van der Waals surface area (Å²) in [6.45, 7) is 6.09. The Labute approximate surface area is 153 Å². The minimum Gasteiger partial charge on any atom is -0.458 e. The molecule has 3 aliphatic rings. The maximum atomic E-state index is 11.1. The Kier molecular flexibility index (Phi) is 4.59. The first-order valence-electron chi connectivity index (χ1n) is 9.21. The number of amides is 1. The van der Waals surface area contributed by atoms with Gasteiger partial charge in [0.15, 0.2) is 0 Å². The molecule has 6 heteroatoms. The molecule has 1 N–H and O–H groups in total. The second-order valence-electron chi connectivity index (χ2n) is 7.21. The lowest BCUT2D eigenvalue weighted by Gasteiger charge is -2.48. The van der Waals surface area contributed by atoms with E-state index in [1.54, 1.807) is 12.4 Å². The molecule has 3 saturated heterocycles. The van der Waals surface area contributed by atoms with Crippen molar-refractivity contribution in [1.29, 1.82) is 0 Å². The predicted molar refractivity (Wildman–Crippen MR) is 99.9 cm³/mol. The Morgan fingerprint density at radius 1 is 1.12 bits per heavy atom. The molecule has 136 valence electrons. The summed E-state index contributed by atoms with van der Waals surface area (Å²) in [4.78, 5) is 22.4. The van der Waals surface area contributed by atoms with Gasteiger partial charge in [-0.15, -0.1) is 0 Å². The summed E-state index contributed by atoms with van der Waals surface area (Å²) in [5.41, 5.74) is 2.70. The van der Waals surface area contributed by atoms with E-state index in [1.807, 2.05) is 24.3 Å². The predicted octanol–water partition coefficient (Wildman–Crippen LogP) is 2.96. The largest absolute Gasteiger partial charge is 0.458 e. The van der Waals surface area contributed by atoms with Crippen LogP contribution in [0.4, 0.5) is 5.69 Å². The van der Waals surface area contributed by atoms with Crippen molar-refractivity contribution in [2.24, 2.45) is 5.92 Å². The van der Waals surface area contributed by atoms with E-state index in [2.05, 4.69) is 27.1 Å². The number of ether oxygens (including phenoxy) is 1. The van der Waals surface area contributed by atoms with Gasteiger partial charge in [-0.3, -0.25) is 9.69 Å². The molecular formula is C20H24N4O2. The quantitative estimate of drug-likeness (QED) is 0.916. The first-order chi connectivity index (χ1) is 12.6. The van der Waals surface area contributed by atoms with Gasteiger partial charge in [0.1, 0.15) is 6.10 Å². The Hall–Kier alpha value is -2.47. The number of hydrogen-bond acceptors (Lipinski definition) is 5. The molecule has 1 aromatic carbocycles. The minimum absolute atomic E-state index is 0.0791. The molecule has 2 aromatic rings. The molecule has 3 aliphatic heterocycles. The van der Waals surface area contributed by atoms with Crippen LogP contribution in [0.15, 0.2) is 36.7 Å². The van der Waals surface area contributed by atoms with E-state index in [0.29, 0.717) is 18.0 Å². The lowest BCUT2D eigenvalue weighted by atomic mass is 9.81. The minimum atomic E-state index is -0.0791. The van der Waals surface area contributed by atoms with Crippen LogP contribution in [0.5, 0.6) is 6.01 Å². The van der Waals surface area contributed by atoms with Crippen molar-refractivity contribution in [3.05, 3.63) is 36.7 Å². The van der Waals surface area contributed by atoms with Gasteiger partial charge >= 0.3 is 6.01 Å². The van der Waals surface area contributed by atoms with E-state index in [1.165, 1.54) is 32.9 Å². The van der Waals surface area contributed by atoms with E-state index in [-0.39, 0.29) is 12.0 Å². The first-order valence-corrected chi connectivity index (χ1v) is 9.21. The third kappa shape index (κ3) is 3.42. The van der Waals surface area contributed by atoms with Gasteiger partial charge in [0.25, 0.3) is 0 Å². The molecule has 2 atom stereocenters. The van der Waals surface area contributed by atoms with Gasteiger partial charge in [0.2, 0.25) is 5.91 Å². The average molecular weight is 352 g/mol. The zero-order valence-electron chi connectivity index (χ0n) is 15.2. The van der Waals surface area contributed by atoms with Gasteiger partial charge in [-0.2, -0.15) is 0 Å². The van der Waals surface area contributed by atoms with Crippen LogP contribution in [-0.2, 0) is 4.79 Å². The lowest BCUT2D eigenvalue weighted by molar-refractivity contribution is -0.114. The van der Waals surface area contributed by atoms with Crippen molar-refractivity contribution in [3.63, 3.8) is 0 Å². The first kappa shape index (κ1) is 17.0. The second-order valence-corrected chi connectivity index (χ2v) is 7.21. The molecule has 6 nitrogen and oxygen atoms in total. The molecule has 2 bridgehead atoms. The van der Waals surface area contributed by atoms with Crippen LogP contribution in [0.25, 0.3) is 11.1 Å². The van der Waals surface area contributed by atoms with Crippen molar-refractivity contribution >= 4 is 11.6 Å². The fraction of sp³-hybridized carbons (Fsp3) is 0.450. The molecule has 5 rings (SSSR count). The van der Waals surface area contributed by atoms with E-state index < -0.39 is 0 Å². The third-order valence-electron chi connectivity index (χ3n) is 5.50. The number of nitrogens with zero attached hydrogens (tertiary/aromatic N) is 3. The van der Waals surface area contributed by atoms with E-state index in [0.717, 1.165) is 16.8 Å². The average Bonchev–Trinajstić information content (AvgIpc) is 2.66. The number of anilines is 1. The van der Waals surface area contributed by atoms with Crippen molar-refractivity contribution in [1.82, 2.24) is 14.9 Å². The smallest absolute Gasteiger partial charge is 0.316 e. The number of benzene rings is 1. The van der Waals surface area contributed by atoms with Gasteiger partial charge < -0.3 is 10.1 Å². The number of piperidine rings is 3. The molecule has 3 fully saturated rings. The molecule has 0 unspecified atom stereocenters. The van der Waals surface area contributed by atoms with Gasteiger partial charge in [-0.05, 0) is 56.5 Å². The van der Waals surface area contributed by atoms with Crippen LogP contribution in [-0.4, -0.2) is 46.0 Å². The van der Waals surface area contributed by atoms with E-state index >= 15 is 0 Å². The van der Waals surface area contributed by atoms with Crippen LogP contribution < -0.4 is 10.1 Å². The Bertz CT molecular complexity index is 765. The molecule has 4 heterocycles. The molecule has 1 aromatic heterocycles. The third-order valence-corrected chi connectivity index (χ3v) is 5.50. The van der Waals surface area contributed by atoms with Gasteiger partial charge in [-0.25, -0.2) is 9.97 Å². The molecule has 0 aliphatic carbocycles. The number of carbonyl (C=O) groups is 1. The summed E-state index contributed by atoms with van der Waals surface area (Å²) >= 11 is 0. The lowest BCUT2D eigenvalue weighted by Crippen LogP contribution is -2.58. The molecule has 0 spiro atoms. The van der Waals surface area contributed by atoms with Crippen molar-refractivity contribution in [2.75, 3.05) is 18.4 Å². The van der Waals surface area contributed by atoms with E-state index in [4.69, 9.17) is 4.74 Å². The van der Waals surface area contributed by atoms with Crippen molar-refractivity contribution in [2.45, 2.75) is 38.8 Å². The Morgan fingerprint density at radius 3 is 2.35 bits per heavy atom. The van der Waals surface area contributed by atoms with Crippen LogP contribution in [0.1, 0.15) is 26.7 Å². The normalized spacial score (nSPS) is 27.2.